The monoisotopic (exact) mass is 915 g/mol. The van der Waals surface area contributed by atoms with Crippen LogP contribution < -0.4 is 11.1 Å². The Kier molecular flexibility index (Phi) is 14.0. The third-order valence-electron chi connectivity index (χ3n) is 11.3. The molecule has 0 aliphatic carbocycles. The molecule has 7 aromatic rings. The number of nitrogens with zero attached hydrogens (tertiary/aromatic N) is 5. The molecule has 3 N–H and O–H groups in total. The number of hydrogen-bond donors (Lipinski definition) is 2. The van der Waals surface area contributed by atoms with E-state index in [0.29, 0.717) is 62.2 Å². The molecule has 0 saturated heterocycles. The summed E-state index contributed by atoms with van der Waals surface area (Å²) in [5, 5.41) is 3.83. The number of amides is 3. The lowest BCUT2D eigenvalue weighted by Crippen LogP contribution is -2.45. The molecule has 2 aliphatic heterocycles. The Morgan fingerprint density at radius 2 is 1.08 bits per heavy atom. The smallest absolute Gasteiger partial charge is 0.274 e. The fourth-order valence-corrected chi connectivity index (χ4v) is 8.55. The summed E-state index contributed by atoms with van der Waals surface area (Å²) in [7, 11) is 0. The minimum absolute atomic E-state index is 0.0334. The molecule has 66 heavy (non-hydrogen) atoms. The number of carbonyl (C=O) groups excluding carboxylic acids is 5. The van der Waals surface area contributed by atoms with Crippen molar-refractivity contribution in [1.29, 1.82) is 0 Å². The second kappa shape index (κ2) is 20.5. The number of rotatable bonds is 10. The molecule has 0 fully saturated rings. The second-order valence-corrected chi connectivity index (χ2v) is 16.8. The maximum atomic E-state index is 13.8. The van der Waals surface area contributed by atoms with E-state index in [1.54, 1.807) is 107 Å². The first-order valence-electron chi connectivity index (χ1n) is 21.2. The van der Waals surface area contributed by atoms with Gasteiger partial charge in [-0.15, -0.1) is 0 Å². The minimum Gasteiger partial charge on any atom is -0.399 e. The molecule has 0 unspecified atom stereocenters. The van der Waals surface area contributed by atoms with Crippen molar-refractivity contribution in [3.63, 3.8) is 0 Å². The number of aromatic nitrogens is 3. The maximum absolute atomic E-state index is 13.8. The second-order valence-electron chi connectivity index (χ2n) is 16.0. The molecule has 0 spiro atoms. The molecule has 0 bridgehead atoms. The van der Waals surface area contributed by atoms with E-state index >= 15 is 0 Å². The van der Waals surface area contributed by atoms with Crippen molar-refractivity contribution in [2.75, 3.05) is 11.1 Å². The number of nitrogen functional groups attached to an aromatic ring is 1. The number of nitrogens with one attached hydrogen (secondary N) is 1. The number of halogens is 2. The van der Waals surface area contributed by atoms with Gasteiger partial charge in [0.2, 0.25) is 0 Å². The van der Waals surface area contributed by atoms with Crippen LogP contribution in [0.3, 0.4) is 0 Å². The quantitative estimate of drug-likeness (QED) is 0.128. The summed E-state index contributed by atoms with van der Waals surface area (Å²) >= 11 is 12.3. The molecule has 14 heteroatoms. The topological polar surface area (TPSA) is 169 Å². The highest BCUT2D eigenvalue weighted by Crippen LogP contribution is 2.29. The van der Waals surface area contributed by atoms with Crippen LogP contribution in [0.15, 0.2) is 158 Å². The number of pyridine rings is 3. The molecule has 330 valence electrons. The summed E-state index contributed by atoms with van der Waals surface area (Å²) in [5.41, 5.74) is 12.8. The van der Waals surface area contributed by atoms with E-state index in [9.17, 15) is 24.0 Å². The van der Waals surface area contributed by atoms with Crippen LogP contribution in [0.1, 0.15) is 64.8 Å². The standard InChI is InChI=1S/C29H23ClN4O3.C23H20ClN3O2/c30-21-10-11-24-20(15-21)16-27(35)26(17-22-7-1-3-12-31-22)34(29(24)37)18-19-6-5-8-23(14-19)33-28(36)25-9-2-4-13-32-25;24-17-7-8-20-16(11-17)12-22(28)21(13-19-6-1-2-9-26-19)27(23(20)29)14-15-4-3-5-18(25)10-15/h1-15,26H,16-18H2,(H,33,36);1-11,21H,12-14,25H2/t26-;21-/m11/s1. The molecule has 2 aliphatic rings. The fraction of sp³-hybridized carbons (Fsp3) is 0.154. The predicted molar refractivity (Wildman–Crippen MR) is 253 cm³/mol. The third kappa shape index (κ3) is 10.9. The molecule has 0 radical (unpaired) electrons. The number of anilines is 2. The van der Waals surface area contributed by atoms with Crippen molar-refractivity contribution >= 4 is 63.9 Å². The van der Waals surface area contributed by atoms with Crippen molar-refractivity contribution in [1.82, 2.24) is 24.8 Å². The van der Waals surface area contributed by atoms with Crippen molar-refractivity contribution in [2.45, 2.75) is 50.9 Å². The Labute approximate surface area is 391 Å². The summed E-state index contributed by atoms with van der Waals surface area (Å²) in [4.78, 5) is 82.5. The highest BCUT2D eigenvalue weighted by atomic mass is 35.5. The van der Waals surface area contributed by atoms with Crippen LogP contribution in [0.25, 0.3) is 0 Å². The largest absolute Gasteiger partial charge is 0.399 e. The molecule has 4 aromatic carbocycles. The van der Waals surface area contributed by atoms with Crippen molar-refractivity contribution in [2.24, 2.45) is 0 Å². The zero-order valence-corrected chi connectivity index (χ0v) is 37.0. The fourth-order valence-electron chi connectivity index (χ4n) is 8.16. The summed E-state index contributed by atoms with van der Waals surface area (Å²) in [6.45, 7) is 0.465. The molecule has 2 atom stereocenters. The maximum Gasteiger partial charge on any atom is 0.274 e. The number of nitrogens with two attached hydrogens (primary N) is 1. The molecular formula is C52H43Cl2N7O5. The number of Topliss-reactive ketones (excluding diaryl/α,β-unsaturated/α-hetero) is 2. The van der Waals surface area contributed by atoms with E-state index in [2.05, 4.69) is 20.3 Å². The average Bonchev–Trinajstić information content (AvgIpc) is 3.47. The summed E-state index contributed by atoms with van der Waals surface area (Å²) in [6.07, 6.45) is 5.83. The normalized spacial score (nSPS) is 15.7. The van der Waals surface area contributed by atoms with Crippen LogP contribution in [0.4, 0.5) is 11.4 Å². The first kappa shape index (κ1) is 45.0. The molecule has 9 rings (SSSR count). The first-order valence-corrected chi connectivity index (χ1v) is 21.9. The lowest BCUT2D eigenvalue weighted by molar-refractivity contribution is -0.123. The van der Waals surface area contributed by atoms with Gasteiger partial charge in [0.05, 0.1) is 12.1 Å². The van der Waals surface area contributed by atoms with Crippen LogP contribution in [0.2, 0.25) is 10.0 Å². The van der Waals surface area contributed by atoms with Gasteiger partial charge in [-0.1, -0.05) is 65.7 Å². The number of hydrogen-bond acceptors (Lipinski definition) is 9. The summed E-state index contributed by atoms with van der Waals surface area (Å²) in [5.74, 6) is -0.890. The third-order valence-corrected chi connectivity index (χ3v) is 11.8. The van der Waals surface area contributed by atoms with Gasteiger partial charge in [0.25, 0.3) is 17.7 Å². The van der Waals surface area contributed by atoms with Gasteiger partial charge in [-0.05, 0) is 119 Å². The molecular weight excluding hydrogens is 874 g/mol. The van der Waals surface area contributed by atoms with Gasteiger partial charge >= 0.3 is 0 Å². The number of fused-ring (bicyclic) bond motifs is 2. The molecule has 5 heterocycles. The number of ketones is 2. The van der Waals surface area contributed by atoms with E-state index in [1.807, 2.05) is 60.7 Å². The van der Waals surface area contributed by atoms with E-state index < -0.39 is 12.1 Å². The highest BCUT2D eigenvalue weighted by molar-refractivity contribution is 6.31. The molecule has 12 nitrogen and oxygen atoms in total. The zero-order chi connectivity index (χ0) is 46.2. The lowest BCUT2D eigenvalue weighted by atomic mass is 9.99. The minimum atomic E-state index is -0.708. The predicted octanol–water partition coefficient (Wildman–Crippen LogP) is 8.46. The Balaban J connectivity index is 0.000000185. The van der Waals surface area contributed by atoms with Gasteiger partial charge in [-0.2, -0.15) is 0 Å². The Hall–Kier alpha value is -7.54. The van der Waals surface area contributed by atoms with Gasteiger partial charge in [-0.25, -0.2) is 0 Å². The molecule has 3 amide bonds. The average molecular weight is 917 g/mol. The van der Waals surface area contributed by atoms with Crippen LogP contribution in [0.5, 0.6) is 0 Å². The van der Waals surface area contributed by atoms with Crippen molar-refractivity contribution < 1.29 is 24.0 Å². The first-order chi connectivity index (χ1) is 32.0. The van der Waals surface area contributed by atoms with Gasteiger partial charge < -0.3 is 20.9 Å². The van der Waals surface area contributed by atoms with Crippen molar-refractivity contribution in [3.05, 3.63) is 219 Å². The van der Waals surface area contributed by atoms with E-state index in [0.717, 1.165) is 22.5 Å². The molecule has 3 aromatic heterocycles. The SMILES string of the molecule is Nc1cccc(CN2C(=O)c3ccc(Cl)cc3CC(=O)[C@H]2Cc2ccccn2)c1.O=C(Nc1cccc(CN2C(=O)c3ccc(Cl)cc3CC(=O)[C@H]2Cc2ccccn2)c1)c1ccccn1. The van der Waals surface area contributed by atoms with Gasteiger partial charge in [0.15, 0.2) is 11.6 Å². The van der Waals surface area contributed by atoms with E-state index in [-0.39, 0.29) is 55.2 Å². The number of carbonyl (C=O) groups is 5. The summed E-state index contributed by atoms with van der Waals surface area (Å²) in [6, 6.07) is 39.6. The zero-order valence-electron chi connectivity index (χ0n) is 35.5. The van der Waals surface area contributed by atoms with Gasteiger partial charge in [0.1, 0.15) is 5.69 Å². The van der Waals surface area contributed by atoms with Crippen LogP contribution in [-0.2, 0) is 48.4 Å². The van der Waals surface area contributed by atoms with Crippen LogP contribution in [0, 0.1) is 0 Å². The van der Waals surface area contributed by atoms with Crippen LogP contribution in [-0.4, -0.2) is 66.1 Å². The highest BCUT2D eigenvalue weighted by Gasteiger charge is 2.37. The van der Waals surface area contributed by atoms with Gasteiger partial charge in [-0.3, -0.25) is 38.9 Å². The number of benzene rings is 4. The lowest BCUT2D eigenvalue weighted by Gasteiger charge is -2.29. The summed E-state index contributed by atoms with van der Waals surface area (Å²) < 4.78 is 0. The van der Waals surface area contributed by atoms with Crippen LogP contribution >= 0.6 is 23.2 Å². The molecule has 0 saturated carbocycles. The van der Waals surface area contributed by atoms with Gasteiger partial charge in [0, 0.05) is 101 Å². The van der Waals surface area contributed by atoms with E-state index in [4.69, 9.17) is 28.9 Å². The Morgan fingerprint density at radius 3 is 1.56 bits per heavy atom. The van der Waals surface area contributed by atoms with Crippen molar-refractivity contribution in [3.8, 4) is 0 Å². The Bertz CT molecular complexity index is 2920. The Morgan fingerprint density at radius 1 is 0.576 bits per heavy atom. The van der Waals surface area contributed by atoms with E-state index in [1.165, 1.54) is 0 Å².